The van der Waals surface area contributed by atoms with Crippen molar-refractivity contribution < 1.29 is 14.0 Å². The van der Waals surface area contributed by atoms with Gasteiger partial charge in [-0.25, -0.2) is 4.39 Å². The van der Waals surface area contributed by atoms with Crippen molar-refractivity contribution in [3.63, 3.8) is 0 Å². The molecule has 2 amide bonds. The minimum Gasteiger partial charge on any atom is -0.326 e. The van der Waals surface area contributed by atoms with Crippen molar-refractivity contribution in [2.24, 2.45) is 0 Å². The summed E-state index contributed by atoms with van der Waals surface area (Å²) in [6.07, 6.45) is 0. The van der Waals surface area contributed by atoms with Gasteiger partial charge in [0.15, 0.2) is 0 Å². The van der Waals surface area contributed by atoms with E-state index in [0.717, 1.165) is 6.07 Å². The summed E-state index contributed by atoms with van der Waals surface area (Å²) in [6.45, 7) is 1.33. The van der Waals surface area contributed by atoms with Gasteiger partial charge in [-0.1, -0.05) is 0 Å². The second-order valence-corrected chi connectivity index (χ2v) is 4.52. The predicted octanol–water partition coefficient (Wildman–Crippen LogP) is 2.91. The van der Waals surface area contributed by atoms with E-state index >= 15 is 0 Å². The lowest BCUT2D eigenvalue weighted by molar-refractivity contribution is -0.114. The molecule has 0 aliphatic carbocycles. The number of carbonyl (C=O) groups is 2. The highest BCUT2D eigenvalue weighted by molar-refractivity contribution is 6.04. The topological polar surface area (TPSA) is 82.0 Å². The summed E-state index contributed by atoms with van der Waals surface area (Å²) in [6, 6.07) is 11.8. The monoisotopic (exact) mass is 297 g/mol. The van der Waals surface area contributed by atoms with Crippen LogP contribution in [0.25, 0.3) is 0 Å². The SMILES string of the molecule is CC(=O)Nc1ccc(F)c(NC(=O)c2ccc(C#N)cc2)c1. The van der Waals surface area contributed by atoms with Crippen molar-refractivity contribution in [2.45, 2.75) is 6.92 Å². The van der Waals surface area contributed by atoms with E-state index in [9.17, 15) is 14.0 Å². The van der Waals surface area contributed by atoms with Gasteiger partial charge < -0.3 is 10.6 Å². The Labute approximate surface area is 126 Å². The fraction of sp³-hybridized carbons (Fsp3) is 0.0625. The smallest absolute Gasteiger partial charge is 0.255 e. The molecule has 5 nitrogen and oxygen atoms in total. The fourth-order valence-electron chi connectivity index (χ4n) is 1.79. The van der Waals surface area contributed by atoms with Crippen molar-refractivity contribution in [3.05, 3.63) is 59.4 Å². The average Bonchev–Trinajstić information content (AvgIpc) is 2.50. The number of nitrogens with one attached hydrogen (secondary N) is 2. The maximum Gasteiger partial charge on any atom is 0.255 e. The van der Waals surface area contributed by atoms with Gasteiger partial charge in [0.05, 0.1) is 17.3 Å². The highest BCUT2D eigenvalue weighted by atomic mass is 19.1. The van der Waals surface area contributed by atoms with Gasteiger partial charge in [0.25, 0.3) is 5.91 Å². The molecular formula is C16H12FN3O2. The van der Waals surface area contributed by atoms with Crippen LogP contribution in [0.2, 0.25) is 0 Å². The number of benzene rings is 2. The van der Waals surface area contributed by atoms with Crippen molar-refractivity contribution in [1.29, 1.82) is 5.26 Å². The lowest BCUT2D eigenvalue weighted by atomic mass is 10.1. The summed E-state index contributed by atoms with van der Waals surface area (Å²) in [5, 5.41) is 13.6. The maximum atomic E-state index is 13.7. The van der Waals surface area contributed by atoms with Crippen LogP contribution in [0, 0.1) is 17.1 Å². The first-order valence-electron chi connectivity index (χ1n) is 6.38. The number of nitrogens with zero attached hydrogens (tertiary/aromatic N) is 1. The first kappa shape index (κ1) is 15.2. The molecule has 0 radical (unpaired) electrons. The molecule has 0 aliphatic heterocycles. The molecule has 0 aliphatic rings. The molecule has 0 spiro atoms. The lowest BCUT2D eigenvalue weighted by Crippen LogP contribution is -2.14. The third-order valence-electron chi connectivity index (χ3n) is 2.81. The highest BCUT2D eigenvalue weighted by Crippen LogP contribution is 2.20. The third-order valence-corrected chi connectivity index (χ3v) is 2.81. The van der Waals surface area contributed by atoms with Gasteiger partial charge in [0.1, 0.15) is 5.82 Å². The molecule has 0 saturated carbocycles. The zero-order chi connectivity index (χ0) is 16.1. The maximum absolute atomic E-state index is 13.7. The Morgan fingerprint density at radius 2 is 1.77 bits per heavy atom. The van der Waals surface area contributed by atoms with Crippen molar-refractivity contribution in [2.75, 3.05) is 10.6 Å². The Morgan fingerprint density at radius 3 is 2.36 bits per heavy atom. The molecule has 0 unspecified atom stereocenters. The van der Waals surface area contributed by atoms with E-state index in [1.54, 1.807) is 0 Å². The molecule has 0 saturated heterocycles. The normalized spacial score (nSPS) is 9.68. The summed E-state index contributed by atoms with van der Waals surface area (Å²) in [5.41, 5.74) is 1.06. The molecule has 0 heterocycles. The lowest BCUT2D eigenvalue weighted by Gasteiger charge is -2.09. The van der Waals surface area contributed by atoms with Crippen LogP contribution in [0.1, 0.15) is 22.8 Å². The number of amides is 2. The number of rotatable bonds is 3. The van der Waals surface area contributed by atoms with Crippen LogP contribution >= 0.6 is 0 Å². The van der Waals surface area contributed by atoms with Crippen LogP contribution in [0.3, 0.4) is 0 Å². The van der Waals surface area contributed by atoms with Crippen LogP contribution in [-0.2, 0) is 4.79 Å². The summed E-state index contributed by atoms with van der Waals surface area (Å²) in [5.74, 6) is -1.42. The van der Waals surface area contributed by atoms with Crippen LogP contribution < -0.4 is 10.6 Å². The minimum absolute atomic E-state index is 0.0411. The van der Waals surface area contributed by atoms with Gasteiger partial charge in [0, 0.05) is 18.2 Å². The quantitative estimate of drug-likeness (QED) is 0.913. The van der Waals surface area contributed by atoms with Gasteiger partial charge >= 0.3 is 0 Å². The van der Waals surface area contributed by atoms with Crippen molar-refractivity contribution in [1.82, 2.24) is 0 Å². The van der Waals surface area contributed by atoms with E-state index in [4.69, 9.17) is 5.26 Å². The summed E-state index contributed by atoms with van der Waals surface area (Å²) >= 11 is 0. The second-order valence-electron chi connectivity index (χ2n) is 4.52. The zero-order valence-corrected chi connectivity index (χ0v) is 11.7. The Morgan fingerprint density at radius 1 is 1.09 bits per heavy atom. The molecule has 2 aromatic rings. The van der Waals surface area contributed by atoms with E-state index < -0.39 is 11.7 Å². The van der Waals surface area contributed by atoms with Gasteiger partial charge in [-0.2, -0.15) is 5.26 Å². The minimum atomic E-state index is -0.615. The van der Waals surface area contributed by atoms with E-state index in [0.29, 0.717) is 16.8 Å². The number of hydrogen-bond acceptors (Lipinski definition) is 3. The van der Waals surface area contributed by atoms with Crippen LogP contribution in [0.15, 0.2) is 42.5 Å². The van der Waals surface area contributed by atoms with Crippen LogP contribution in [-0.4, -0.2) is 11.8 Å². The Balaban J connectivity index is 2.20. The largest absolute Gasteiger partial charge is 0.326 e. The number of hydrogen-bond donors (Lipinski definition) is 2. The average molecular weight is 297 g/mol. The van der Waals surface area contributed by atoms with E-state index in [1.807, 2.05) is 6.07 Å². The Kier molecular flexibility index (Phi) is 4.49. The summed E-state index contributed by atoms with van der Waals surface area (Å²) in [4.78, 5) is 23.0. The molecule has 0 aromatic heterocycles. The molecule has 22 heavy (non-hydrogen) atoms. The van der Waals surface area contributed by atoms with E-state index in [1.165, 1.54) is 43.3 Å². The summed E-state index contributed by atoms with van der Waals surface area (Å²) < 4.78 is 13.7. The molecule has 110 valence electrons. The van der Waals surface area contributed by atoms with Gasteiger partial charge in [-0.3, -0.25) is 9.59 Å². The zero-order valence-electron chi connectivity index (χ0n) is 11.7. The molecule has 2 aromatic carbocycles. The molecule has 2 N–H and O–H groups in total. The fourth-order valence-corrected chi connectivity index (χ4v) is 1.79. The third kappa shape index (κ3) is 3.67. The van der Waals surface area contributed by atoms with Crippen LogP contribution in [0.4, 0.5) is 15.8 Å². The number of nitriles is 1. The van der Waals surface area contributed by atoms with Crippen molar-refractivity contribution >= 4 is 23.2 Å². The van der Waals surface area contributed by atoms with Gasteiger partial charge in [-0.15, -0.1) is 0 Å². The molecule has 2 rings (SSSR count). The second kappa shape index (κ2) is 6.50. The first-order chi connectivity index (χ1) is 10.5. The van der Waals surface area contributed by atoms with E-state index in [-0.39, 0.29) is 11.6 Å². The highest BCUT2D eigenvalue weighted by Gasteiger charge is 2.10. The Bertz CT molecular complexity index is 764. The first-order valence-corrected chi connectivity index (χ1v) is 6.38. The predicted molar refractivity (Wildman–Crippen MR) is 79.8 cm³/mol. The number of halogens is 1. The molecular weight excluding hydrogens is 285 g/mol. The number of carbonyl (C=O) groups excluding carboxylic acids is 2. The van der Waals surface area contributed by atoms with Gasteiger partial charge in [0.2, 0.25) is 5.91 Å². The molecule has 6 heteroatoms. The Hall–Kier alpha value is -3.20. The van der Waals surface area contributed by atoms with Crippen LogP contribution in [0.5, 0.6) is 0 Å². The standard InChI is InChI=1S/C16H12FN3O2/c1-10(21)19-13-6-7-14(17)15(8-13)20-16(22)12-4-2-11(9-18)3-5-12/h2-8H,1H3,(H,19,21)(H,20,22). The summed E-state index contributed by atoms with van der Waals surface area (Å²) in [7, 11) is 0. The molecule has 0 fully saturated rings. The number of anilines is 2. The molecule has 0 bridgehead atoms. The van der Waals surface area contributed by atoms with Gasteiger partial charge in [-0.05, 0) is 42.5 Å². The van der Waals surface area contributed by atoms with Crippen molar-refractivity contribution in [3.8, 4) is 6.07 Å². The van der Waals surface area contributed by atoms with E-state index in [2.05, 4.69) is 10.6 Å². The molecule has 0 atom stereocenters.